The van der Waals surface area contributed by atoms with Gasteiger partial charge in [0.05, 0.1) is 0 Å². The van der Waals surface area contributed by atoms with Crippen LogP contribution in [-0.4, -0.2) is 25.4 Å². The van der Waals surface area contributed by atoms with Crippen LogP contribution in [0.1, 0.15) is 5.82 Å². The summed E-state index contributed by atoms with van der Waals surface area (Å²) in [5.41, 5.74) is 0.791. The van der Waals surface area contributed by atoms with Gasteiger partial charge >= 0.3 is 0 Å². The number of aromatic nitrogens is 3. The van der Waals surface area contributed by atoms with Crippen LogP contribution in [0.3, 0.4) is 0 Å². The number of hydrogen-bond donors (Lipinski definition) is 3. The molecule has 0 atom stereocenters. The number of H-pyrrole nitrogens is 1. The van der Waals surface area contributed by atoms with Crippen LogP contribution in [-0.2, 0) is 6.61 Å². The van der Waals surface area contributed by atoms with E-state index in [2.05, 4.69) is 15.2 Å². The van der Waals surface area contributed by atoms with Crippen molar-refractivity contribution in [1.82, 2.24) is 15.2 Å². The number of benzene rings is 1. The molecule has 3 N–H and O–H groups in total. The standard InChI is InChI=1S/C9H9N3O2/c13-5-8-10-9(12-11-8)6-1-3-7(14)4-2-6/h1-4,13-14H,5H2,(H,10,11,12). The van der Waals surface area contributed by atoms with Crippen LogP contribution in [0.25, 0.3) is 11.4 Å². The Labute approximate surface area is 80.1 Å². The van der Waals surface area contributed by atoms with E-state index in [1.165, 1.54) is 0 Å². The molecule has 0 radical (unpaired) electrons. The van der Waals surface area contributed by atoms with Crippen LogP contribution >= 0.6 is 0 Å². The topological polar surface area (TPSA) is 82.0 Å². The fraction of sp³-hybridized carbons (Fsp3) is 0.111. The first-order valence-corrected chi connectivity index (χ1v) is 4.11. The molecule has 2 aromatic rings. The molecule has 1 aromatic carbocycles. The molecule has 0 spiro atoms. The van der Waals surface area contributed by atoms with Crippen molar-refractivity contribution in [2.75, 3.05) is 0 Å². The van der Waals surface area contributed by atoms with Crippen LogP contribution in [0.2, 0.25) is 0 Å². The monoisotopic (exact) mass is 191 g/mol. The lowest BCUT2D eigenvalue weighted by Gasteiger charge is -1.94. The van der Waals surface area contributed by atoms with Crippen molar-refractivity contribution in [3.05, 3.63) is 30.1 Å². The van der Waals surface area contributed by atoms with Crippen LogP contribution in [0, 0.1) is 0 Å². The summed E-state index contributed by atoms with van der Waals surface area (Å²) in [6.45, 7) is -0.162. The second kappa shape index (κ2) is 3.47. The molecule has 0 saturated heterocycles. The van der Waals surface area contributed by atoms with Crippen molar-refractivity contribution in [3.8, 4) is 17.1 Å². The van der Waals surface area contributed by atoms with E-state index in [4.69, 9.17) is 10.2 Å². The SMILES string of the molecule is OCc1nc(-c2ccc(O)cc2)n[nH]1. The Kier molecular flexibility index (Phi) is 2.16. The van der Waals surface area contributed by atoms with E-state index < -0.39 is 0 Å². The molecule has 14 heavy (non-hydrogen) atoms. The molecule has 0 bridgehead atoms. The van der Waals surface area contributed by atoms with Gasteiger partial charge in [-0.15, -0.1) is 0 Å². The van der Waals surface area contributed by atoms with Crippen molar-refractivity contribution in [2.45, 2.75) is 6.61 Å². The molecule has 1 heterocycles. The average molecular weight is 191 g/mol. The summed E-state index contributed by atoms with van der Waals surface area (Å²) in [7, 11) is 0. The van der Waals surface area contributed by atoms with E-state index in [0.717, 1.165) is 5.56 Å². The molecule has 5 nitrogen and oxygen atoms in total. The Hall–Kier alpha value is -1.88. The number of aromatic hydroxyl groups is 1. The maximum Gasteiger partial charge on any atom is 0.181 e. The maximum absolute atomic E-state index is 9.07. The number of rotatable bonds is 2. The molecule has 0 unspecified atom stereocenters. The van der Waals surface area contributed by atoms with E-state index in [1.54, 1.807) is 24.3 Å². The summed E-state index contributed by atoms with van der Waals surface area (Å²) in [4.78, 5) is 4.03. The zero-order valence-corrected chi connectivity index (χ0v) is 7.31. The van der Waals surface area contributed by atoms with E-state index in [1.807, 2.05) is 0 Å². The lowest BCUT2D eigenvalue weighted by Crippen LogP contribution is -1.84. The minimum Gasteiger partial charge on any atom is -0.508 e. The highest BCUT2D eigenvalue weighted by molar-refractivity contribution is 5.55. The molecular weight excluding hydrogens is 182 g/mol. The molecular formula is C9H9N3O2. The Morgan fingerprint density at radius 1 is 1.21 bits per heavy atom. The molecule has 0 aliphatic carbocycles. The van der Waals surface area contributed by atoms with E-state index in [0.29, 0.717) is 11.6 Å². The first-order valence-electron chi connectivity index (χ1n) is 4.11. The van der Waals surface area contributed by atoms with Gasteiger partial charge in [-0.25, -0.2) is 4.98 Å². The van der Waals surface area contributed by atoms with Crippen molar-refractivity contribution in [1.29, 1.82) is 0 Å². The minimum atomic E-state index is -0.162. The number of hydrogen-bond acceptors (Lipinski definition) is 4. The van der Waals surface area contributed by atoms with Crippen molar-refractivity contribution < 1.29 is 10.2 Å². The number of aromatic amines is 1. The third-order valence-electron chi connectivity index (χ3n) is 1.81. The summed E-state index contributed by atoms with van der Waals surface area (Å²) >= 11 is 0. The normalized spacial score (nSPS) is 10.4. The highest BCUT2D eigenvalue weighted by atomic mass is 16.3. The van der Waals surface area contributed by atoms with Crippen molar-refractivity contribution in [3.63, 3.8) is 0 Å². The molecule has 1 aromatic heterocycles. The van der Waals surface area contributed by atoms with Gasteiger partial charge in [0, 0.05) is 5.56 Å². The van der Waals surface area contributed by atoms with Gasteiger partial charge in [0.2, 0.25) is 0 Å². The zero-order valence-electron chi connectivity index (χ0n) is 7.31. The Morgan fingerprint density at radius 2 is 1.93 bits per heavy atom. The van der Waals surface area contributed by atoms with Gasteiger partial charge in [0.25, 0.3) is 0 Å². The first-order chi connectivity index (χ1) is 6.79. The third-order valence-corrected chi connectivity index (χ3v) is 1.81. The predicted octanol–water partition coefficient (Wildman–Crippen LogP) is 0.670. The Balaban J connectivity index is 2.34. The summed E-state index contributed by atoms with van der Waals surface area (Å²) in [5, 5.41) is 24.3. The Morgan fingerprint density at radius 3 is 2.50 bits per heavy atom. The second-order valence-corrected chi connectivity index (χ2v) is 2.81. The zero-order chi connectivity index (χ0) is 9.97. The van der Waals surface area contributed by atoms with Gasteiger partial charge in [-0.05, 0) is 24.3 Å². The van der Waals surface area contributed by atoms with Crippen LogP contribution in [0.4, 0.5) is 0 Å². The molecule has 5 heteroatoms. The van der Waals surface area contributed by atoms with E-state index in [-0.39, 0.29) is 12.4 Å². The second-order valence-electron chi connectivity index (χ2n) is 2.81. The van der Waals surface area contributed by atoms with Crippen molar-refractivity contribution in [2.24, 2.45) is 0 Å². The predicted molar refractivity (Wildman–Crippen MR) is 49.4 cm³/mol. The summed E-state index contributed by atoms with van der Waals surface area (Å²) in [5.74, 6) is 1.13. The van der Waals surface area contributed by atoms with Gasteiger partial charge in [0.15, 0.2) is 11.6 Å². The smallest absolute Gasteiger partial charge is 0.181 e. The van der Waals surface area contributed by atoms with Crippen molar-refractivity contribution >= 4 is 0 Å². The summed E-state index contributed by atoms with van der Waals surface area (Å²) < 4.78 is 0. The lowest BCUT2D eigenvalue weighted by atomic mass is 10.2. The third kappa shape index (κ3) is 1.57. The number of phenolic OH excluding ortho intramolecular Hbond substituents is 1. The molecule has 0 amide bonds. The highest BCUT2D eigenvalue weighted by Gasteiger charge is 2.04. The summed E-state index contributed by atoms with van der Waals surface area (Å²) in [6, 6.07) is 6.54. The number of nitrogens with one attached hydrogen (secondary N) is 1. The summed E-state index contributed by atoms with van der Waals surface area (Å²) in [6.07, 6.45) is 0. The van der Waals surface area contributed by atoms with E-state index >= 15 is 0 Å². The first kappa shape index (κ1) is 8.71. The molecule has 0 aliphatic heterocycles. The minimum absolute atomic E-state index is 0.162. The van der Waals surface area contributed by atoms with Gasteiger partial charge in [-0.3, -0.25) is 5.10 Å². The molecule has 0 aliphatic rings. The lowest BCUT2D eigenvalue weighted by molar-refractivity contribution is 0.272. The maximum atomic E-state index is 9.07. The van der Waals surface area contributed by atoms with Crippen LogP contribution < -0.4 is 0 Å². The van der Waals surface area contributed by atoms with Gasteiger partial charge in [-0.2, -0.15) is 5.10 Å². The van der Waals surface area contributed by atoms with Crippen LogP contribution in [0.15, 0.2) is 24.3 Å². The fourth-order valence-electron chi connectivity index (χ4n) is 1.11. The molecule has 72 valence electrons. The number of aliphatic hydroxyl groups is 1. The largest absolute Gasteiger partial charge is 0.508 e. The van der Waals surface area contributed by atoms with Gasteiger partial charge in [-0.1, -0.05) is 0 Å². The number of phenols is 1. The fourth-order valence-corrected chi connectivity index (χ4v) is 1.11. The highest BCUT2D eigenvalue weighted by Crippen LogP contribution is 2.17. The number of nitrogens with zero attached hydrogens (tertiary/aromatic N) is 2. The molecule has 2 rings (SSSR count). The number of aliphatic hydroxyl groups excluding tert-OH is 1. The Bertz CT molecular complexity index is 422. The van der Waals surface area contributed by atoms with Gasteiger partial charge in [0.1, 0.15) is 12.4 Å². The van der Waals surface area contributed by atoms with E-state index in [9.17, 15) is 0 Å². The average Bonchev–Trinajstić information content (AvgIpc) is 2.67. The van der Waals surface area contributed by atoms with Gasteiger partial charge < -0.3 is 10.2 Å². The molecule has 0 fully saturated rings. The van der Waals surface area contributed by atoms with Crippen LogP contribution in [0.5, 0.6) is 5.75 Å². The molecule has 0 saturated carbocycles. The quantitative estimate of drug-likeness (QED) is 0.651.